The molecule has 0 saturated carbocycles. The summed E-state index contributed by atoms with van der Waals surface area (Å²) >= 11 is 0. The Kier molecular flexibility index (Phi) is 9.17. The first-order valence-corrected chi connectivity index (χ1v) is 10.8. The third kappa shape index (κ3) is 6.30. The van der Waals surface area contributed by atoms with E-state index in [2.05, 4.69) is 15.5 Å². The average molecular weight is 430 g/mol. The van der Waals surface area contributed by atoms with E-state index in [-0.39, 0.29) is 48.1 Å². The van der Waals surface area contributed by atoms with Crippen molar-refractivity contribution in [3.63, 3.8) is 0 Å². The van der Waals surface area contributed by atoms with Gasteiger partial charge in [-0.2, -0.15) is 0 Å². The van der Waals surface area contributed by atoms with Crippen molar-refractivity contribution in [2.45, 2.75) is 57.5 Å². The maximum Gasteiger partial charge on any atom is 0.239 e. The number of nitrogens with one attached hydrogen (secondary N) is 2. The van der Waals surface area contributed by atoms with Crippen LogP contribution in [-0.2, 0) is 14.4 Å². The molecule has 3 fully saturated rings. The molecule has 0 bridgehead atoms. The number of halogens is 1. The Balaban J connectivity index is 0.00000300. The van der Waals surface area contributed by atoms with Gasteiger partial charge in [0.05, 0.1) is 18.0 Å². The normalized spacial score (nSPS) is 29.0. The average Bonchev–Trinajstić information content (AvgIpc) is 3.26. The summed E-state index contributed by atoms with van der Waals surface area (Å²) in [5, 5.41) is 6.32. The largest absolute Gasteiger partial charge is 0.369 e. The van der Waals surface area contributed by atoms with Crippen LogP contribution in [0.2, 0.25) is 0 Å². The number of amides is 3. The fraction of sp³-hybridized carbons (Fsp3) is 0.850. The second kappa shape index (κ2) is 11.1. The topological polar surface area (TPSA) is 108 Å². The quantitative estimate of drug-likeness (QED) is 0.555. The van der Waals surface area contributed by atoms with Crippen molar-refractivity contribution < 1.29 is 14.4 Å². The lowest BCUT2D eigenvalue weighted by Crippen LogP contribution is -2.54. The van der Waals surface area contributed by atoms with Gasteiger partial charge in [-0.1, -0.05) is 0 Å². The van der Waals surface area contributed by atoms with E-state index in [1.807, 2.05) is 6.92 Å². The molecule has 9 heteroatoms. The van der Waals surface area contributed by atoms with E-state index in [0.717, 1.165) is 58.2 Å². The Morgan fingerprint density at radius 2 is 1.86 bits per heavy atom. The standard InChI is InChI=1S/C20H35N5O3.ClH/c1-14(20(28)25-10-4-6-16(13-25)18(21)26)24-9-3-5-15(12-24)11-23-19(27)17-7-2-8-22-17;/h14-17,22H,2-13H2,1H3,(H2,21,26)(H,23,27);1H. The molecule has 3 heterocycles. The van der Waals surface area contributed by atoms with Crippen molar-refractivity contribution in [3.05, 3.63) is 0 Å². The number of hydrogen-bond donors (Lipinski definition) is 3. The maximum absolute atomic E-state index is 13.0. The summed E-state index contributed by atoms with van der Waals surface area (Å²) in [5.41, 5.74) is 5.44. The van der Waals surface area contributed by atoms with Crippen LogP contribution < -0.4 is 16.4 Å². The Labute approximate surface area is 179 Å². The van der Waals surface area contributed by atoms with Crippen LogP contribution in [-0.4, -0.2) is 78.9 Å². The third-order valence-electron chi connectivity index (χ3n) is 6.53. The fourth-order valence-corrected chi connectivity index (χ4v) is 4.72. The number of nitrogens with two attached hydrogens (primary N) is 1. The Morgan fingerprint density at radius 3 is 2.55 bits per heavy atom. The summed E-state index contributed by atoms with van der Waals surface area (Å²) in [5.74, 6) is 0.0264. The minimum absolute atomic E-state index is 0. The molecule has 3 rings (SSSR count). The van der Waals surface area contributed by atoms with E-state index in [9.17, 15) is 14.4 Å². The minimum Gasteiger partial charge on any atom is -0.369 e. The monoisotopic (exact) mass is 429 g/mol. The predicted molar refractivity (Wildman–Crippen MR) is 114 cm³/mol. The number of nitrogens with zero attached hydrogens (tertiary/aromatic N) is 2. The van der Waals surface area contributed by atoms with Gasteiger partial charge in [-0.15, -0.1) is 12.4 Å². The van der Waals surface area contributed by atoms with Gasteiger partial charge in [-0.25, -0.2) is 0 Å². The lowest BCUT2D eigenvalue weighted by Gasteiger charge is -2.39. The summed E-state index contributed by atoms with van der Waals surface area (Å²) < 4.78 is 0. The molecule has 0 aromatic carbocycles. The zero-order chi connectivity index (χ0) is 20.1. The first-order valence-electron chi connectivity index (χ1n) is 10.8. The van der Waals surface area contributed by atoms with Gasteiger partial charge in [0.15, 0.2) is 0 Å². The SMILES string of the molecule is CC(C(=O)N1CCCC(C(N)=O)C1)N1CCCC(CNC(=O)C2CCCN2)C1.Cl. The Hall–Kier alpha value is -1.38. The van der Waals surface area contributed by atoms with Crippen LogP contribution in [0.25, 0.3) is 0 Å². The van der Waals surface area contributed by atoms with Crippen LogP contribution in [0.4, 0.5) is 0 Å². The Bertz CT molecular complexity index is 584. The number of rotatable bonds is 6. The summed E-state index contributed by atoms with van der Waals surface area (Å²) in [4.78, 5) is 40.7. The minimum atomic E-state index is -0.310. The fourth-order valence-electron chi connectivity index (χ4n) is 4.72. The van der Waals surface area contributed by atoms with E-state index >= 15 is 0 Å². The highest BCUT2D eigenvalue weighted by atomic mass is 35.5. The molecular weight excluding hydrogens is 394 g/mol. The molecule has 0 radical (unpaired) electrons. The van der Waals surface area contributed by atoms with Crippen LogP contribution in [0.15, 0.2) is 0 Å². The predicted octanol–water partition coefficient (Wildman–Crippen LogP) is 0.101. The molecule has 4 N–H and O–H groups in total. The van der Waals surface area contributed by atoms with Gasteiger partial charge in [-0.05, 0) is 64.5 Å². The van der Waals surface area contributed by atoms with E-state index in [1.54, 1.807) is 4.90 Å². The van der Waals surface area contributed by atoms with Gasteiger partial charge >= 0.3 is 0 Å². The van der Waals surface area contributed by atoms with Crippen molar-refractivity contribution in [1.82, 2.24) is 20.4 Å². The lowest BCUT2D eigenvalue weighted by molar-refractivity contribution is -0.140. The molecule has 4 unspecified atom stereocenters. The smallest absolute Gasteiger partial charge is 0.239 e. The number of likely N-dealkylation sites (tertiary alicyclic amines) is 2. The molecule has 3 amide bonds. The molecule has 8 nitrogen and oxygen atoms in total. The molecule has 0 aromatic rings. The van der Waals surface area contributed by atoms with Crippen molar-refractivity contribution in [1.29, 1.82) is 0 Å². The molecule has 0 aliphatic carbocycles. The van der Waals surface area contributed by atoms with Gasteiger partial charge in [0, 0.05) is 26.2 Å². The van der Waals surface area contributed by atoms with Crippen molar-refractivity contribution in [2.75, 3.05) is 39.3 Å². The Morgan fingerprint density at radius 1 is 1.10 bits per heavy atom. The lowest BCUT2D eigenvalue weighted by atomic mass is 9.95. The number of hydrogen-bond acceptors (Lipinski definition) is 5. The first-order chi connectivity index (χ1) is 13.5. The number of carbonyl (C=O) groups excluding carboxylic acids is 3. The van der Waals surface area contributed by atoms with E-state index in [4.69, 9.17) is 5.73 Å². The first kappa shape index (κ1) is 23.9. The van der Waals surface area contributed by atoms with E-state index in [1.165, 1.54) is 0 Å². The van der Waals surface area contributed by atoms with Crippen molar-refractivity contribution >= 4 is 30.1 Å². The number of carbonyl (C=O) groups is 3. The van der Waals surface area contributed by atoms with Gasteiger partial charge in [0.2, 0.25) is 17.7 Å². The molecule has 3 saturated heterocycles. The maximum atomic E-state index is 13.0. The summed E-state index contributed by atoms with van der Waals surface area (Å²) in [7, 11) is 0. The van der Waals surface area contributed by atoms with Crippen LogP contribution in [0.5, 0.6) is 0 Å². The van der Waals surface area contributed by atoms with Crippen LogP contribution >= 0.6 is 12.4 Å². The molecule has 4 atom stereocenters. The van der Waals surface area contributed by atoms with Gasteiger partial charge in [0.25, 0.3) is 0 Å². The summed E-state index contributed by atoms with van der Waals surface area (Å²) in [6, 6.07) is -0.251. The van der Waals surface area contributed by atoms with Crippen LogP contribution in [0, 0.1) is 11.8 Å². The molecular formula is C20H36ClN5O3. The summed E-state index contributed by atoms with van der Waals surface area (Å²) in [6.45, 7) is 6.41. The zero-order valence-corrected chi connectivity index (χ0v) is 18.2. The zero-order valence-electron chi connectivity index (χ0n) is 17.4. The molecule has 166 valence electrons. The molecule has 0 aromatic heterocycles. The highest BCUT2D eigenvalue weighted by Crippen LogP contribution is 2.22. The van der Waals surface area contributed by atoms with E-state index in [0.29, 0.717) is 25.6 Å². The number of primary amides is 1. The third-order valence-corrected chi connectivity index (χ3v) is 6.53. The van der Waals surface area contributed by atoms with Gasteiger partial charge < -0.3 is 21.3 Å². The molecule has 3 aliphatic rings. The van der Waals surface area contributed by atoms with Gasteiger partial charge in [0.1, 0.15) is 0 Å². The molecule has 29 heavy (non-hydrogen) atoms. The highest BCUT2D eigenvalue weighted by molar-refractivity contribution is 5.85. The summed E-state index contributed by atoms with van der Waals surface area (Å²) in [6.07, 6.45) is 5.68. The van der Waals surface area contributed by atoms with E-state index < -0.39 is 0 Å². The van der Waals surface area contributed by atoms with Crippen molar-refractivity contribution in [3.8, 4) is 0 Å². The highest BCUT2D eigenvalue weighted by Gasteiger charge is 2.33. The number of piperidine rings is 2. The molecule has 0 spiro atoms. The second-order valence-electron chi connectivity index (χ2n) is 8.60. The second-order valence-corrected chi connectivity index (χ2v) is 8.60. The molecule has 3 aliphatic heterocycles. The van der Waals surface area contributed by atoms with Crippen LogP contribution in [0.3, 0.4) is 0 Å². The van der Waals surface area contributed by atoms with Crippen LogP contribution in [0.1, 0.15) is 45.4 Å². The van der Waals surface area contributed by atoms with Crippen molar-refractivity contribution in [2.24, 2.45) is 17.6 Å². The van der Waals surface area contributed by atoms with Gasteiger partial charge in [-0.3, -0.25) is 19.3 Å².